The van der Waals surface area contributed by atoms with Gasteiger partial charge in [0.1, 0.15) is 0 Å². The Labute approximate surface area is 81.8 Å². The van der Waals surface area contributed by atoms with Crippen LogP contribution in [-0.2, 0) is 3.07 Å². The molecule has 0 rings (SSSR count). The zero-order valence-electron chi connectivity index (χ0n) is 6.87. The molecule has 0 N–H and O–H groups in total. The van der Waals surface area contributed by atoms with Gasteiger partial charge in [-0.25, -0.2) is 0 Å². The molecular formula is C8H13IO3. The van der Waals surface area contributed by atoms with Gasteiger partial charge in [-0.05, 0) is 22.3 Å². The molecule has 12 heavy (non-hydrogen) atoms. The second kappa shape index (κ2) is 7.72. The number of unbranched alkanes of at least 4 members (excludes halogenated alkanes) is 1. The van der Waals surface area contributed by atoms with Crippen LogP contribution in [0.3, 0.4) is 0 Å². The second-order valence-electron chi connectivity index (χ2n) is 2.27. The first kappa shape index (κ1) is 12.1. The SMILES string of the molecule is C=CCCCC(C=C)O[I+2]([O-])[O-]. The zero-order valence-corrected chi connectivity index (χ0v) is 9.03. The van der Waals surface area contributed by atoms with E-state index in [2.05, 4.69) is 16.2 Å². The van der Waals surface area contributed by atoms with Crippen molar-refractivity contribution in [2.45, 2.75) is 25.4 Å². The molecule has 0 aliphatic rings. The Bertz CT molecular complexity index is 136. The average Bonchev–Trinajstić information content (AvgIpc) is 2.02. The lowest BCUT2D eigenvalue weighted by atomic mass is 10.1. The highest BCUT2D eigenvalue weighted by atomic mass is 127. The van der Waals surface area contributed by atoms with E-state index in [-0.39, 0.29) is 6.10 Å². The fourth-order valence-electron chi connectivity index (χ4n) is 0.756. The molecule has 4 heteroatoms. The number of rotatable bonds is 7. The first-order valence-electron chi connectivity index (χ1n) is 3.66. The van der Waals surface area contributed by atoms with Crippen LogP contribution in [0.15, 0.2) is 25.3 Å². The first-order chi connectivity index (χ1) is 5.70. The van der Waals surface area contributed by atoms with Crippen molar-refractivity contribution in [2.75, 3.05) is 0 Å². The van der Waals surface area contributed by atoms with Crippen molar-refractivity contribution >= 4 is 0 Å². The van der Waals surface area contributed by atoms with Gasteiger partial charge in [0, 0.05) is 0 Å². The number of allylic oxidation sites excluding steroid dienone is 1. The Hall–Kier alpha value is 0.0900. The van der Waals surface area contributed by atoms with Crippen LogP contribution >= 0.6 is 0 Å². The molecule has 0 heterocycles. The standard InChI is InChI=1S/C8H13IO3/c1-3-5-6-7-8(4-2)12-9(10)11/h3-4,8H,1-2,5-7H2. The molecule has 0 fully saturated rings. The van der Waals surface area contributed by atoms with E-state index in [4.69, 9.17) is 0 Å². The lowest BCUT2D eigenvalue weighted by Crippen LogP contribution is -3.99. The van der Waals surface area contributed by atoms with Crippen molar-refractivity contribution < 1.29 is 31.0 Å². The maximum atomic E-state index is 10.2. The third kappa shape index (κ3) is 6.78. The summed E-state index contributed by atoms with van der Waals surface area (Å²) in [5, 5.41) is 0. The van der Waals surface area contributed by atoms with Gasteiger partial charge in [-0.2, -0.15) is 0 Å². The van der Waals surface area contributed by atoms with E-state index in [1.54, 1.807) is 6.08 Å². The van der Waals surface area contributed by atoms with Crippen LogP contribution in [-0.4, -0.2) is 6.10 Å². The van der Waals surface area contributed by atoms with Crippen LogP contribution in [0.2, 0.25) is 0 Å². The van der Waals surface area contributed by atoms with Crippen molar-refractivity contribution in [3.63, 3.8) is 0 Å². The summed E-state index contributed by atoms with van der Waals surface area (Å²) in [6.45, 7) is 7.05. The fraction of sp³-hybridized carbons (Fsp3) is 0.500. The highest BCUT2D eigenvalue weighted by Crippen LogP contribution is 2.02. The largest absolute Gasteiger partial charge is 0.507 e. The van der Waals surface area contributed by atoms with Crippen molar-refractivity contribution in [3.8, 4) is 0 Å². The summed E-state index contributed by atoms with van der Waals surface area (Å²) in [5.74, 6) is 0. The van der Waals surface area contributed by atoms with E-state index in [0.29, 0.717) is 6.42 Å². The van der Waals surface area contributed by atoms with Gasteiger partial charge < -0.3 is 6.87 Å². The molecule has 0 saturated carbocycles. The van der Waals surface area contributed by atoms with Crippen LogP contribution < -0.4 is 27.9 Å². The molecule has 1 unspecified atom stereocenters. The number of halogens is 1. The van der Waals surface area contributed by atoms with Crippen molar-refractivity contribution in [2.24, 2.45) is 0 Å². The molecule has 0 amide bonds. The van der Waals surface area contributed by atoms with Gasteiger partial charge >= 0.3 is 21.1 Å². The van der Waals surface area contributed by atoms with Crippen LogP contribution in [0.1, 0.15) is 19.3 Å². The summed E-state index contributed by atoms with van der Waals surface area (Å²) in [6, 6.07) is 0. The van der Waals surface area contributed by atoms with Crippen LogP contribution in [0, 0.1) is 0 Å². The van der Waals surface area contributed by atoms with E-state index < -0.39 is 21.1 Å². The molecule has 0 spiro atoms. The smallest absolute Gasteiger partial charge is 0.396 e. The monoisotopic (exact) mass is 284 g/mol. The van der Waals surface area contributed by atoms with Gasteiger partial charge in [0.15, 0.2) is 6.10 Å². The van der Waals surface area contributed by atoms with Gasteiger partial charge in [-0.15, -0.1) is 13.2 Å². The normalized spacial score (nSPS) is 12.9. The van der Waals surface area contributed by atoms with Crippen LogP contribution in [0.5, 0.6) is 0 Å². The van der Waals surface area contributed by atoms with Gasteiger partial charge in [0.05, 0.1) is 0 Å². The summed E-state index contributed by atoms with van der Waals surface area (Å²) in [6.07, 6.45) is 5.41. The second-order valence-corrected chi connectivity index (χ2v) is 3.86. The van der Waals surface area contributed by atoms with Crippen LogP contribution in [0.4, 0.5) is 0 Å². The minimum absolute atomic E-state index is 0.342. The summed E-state index contributed by atoms with van der Waals surface area (Å²) < 4.78 is 25.1. The fourth-order valence-corrected chi connectivity index (χ4v) is 1.75. The summed E-state index contributed by atoms with van der Waals surface area (Å²) in [5.41, 5.74) is 0. The summed E-state index contributed by atoms with van der Waals surface area (Å²) >= 11 is -3.55. The van der Waals surface area contributed by atoms with Crippen molar-refractivity contribution in [3.05, 3.63) is 25.3 Å². The Morgan fingerprint density at radius 2 is 2.08 bits per heavy atom. The van der Waals surface area contributed by atoms with E-state index >= 15 is 0 Å². The summed E-state index contributed by atoms with van der Waals surface area (Å²) in [4.78, 5) is 0. The molecule has 0 aromatic rings. The molecule has 0 aromatic heterocycles. The minimum Gasteiger partial charge on any atom is -0.396 e. The predicted octanol–water partition coefficient (Wildman–Crippen LogP) is -3.00. The van der Waals surface area contributed by atoms with Crippen molar-refractivity contribution in [1.82, 2.24) is 0 Å². The Kier molecular flexibility index (Phi) is 7.78. The molecule has 1 atom stereocenters. The predicted molar refractivity (Wildman–Crippen MR) is 39.1 cm³/mol. The lowest BCUT2D eigenvalue weighted by Gasteiger charge is -2.03. The minimum atomic E-state index is -3.55. The molecule has 0 radical (unpaired) electrons. The van der Waals surface area contributed by atoms with Gasteiger partial charge in [-0.3, -0.25) is 0 Å². The summed E-state index contributed by atoms with van der Waals surface area (Å²) in [7, 11) is 0. The molecule has 70 valence electrons. The molecule has 0 aromatic carbocycles. The van der Waals surface area contributed by atoms with Crippen molar-refractivity contribution in [1.29, 1.82) is 0 Å². The maximum Gasteiger partial charge on any atom is 0.507 e. The Morgan fingerprint density at radius 3 is 2.50 bits per heavy atom. The van der Waals surface area contributed by atoms with Crippen LogP contribution in [0.25, 0.3) is 0 Å². The van der Waals surface area contributed by atoms with E-state index in [1.165, 1.54) is 6.08 Å². The Morgan fingerprint density at radius 1 is 1.42 bits per heavy atom. The maximum absolute atomic E-state index is 10.2. The quantitative estimate of drug-likeness (QED) is 0.284. The third-order valence-corrected chi connectivity index (χ3v) is 2.42. The molecule has 0 bridgehead atoms. The van der Waals surface area contributed by atoms with E-state index in [0.717, 1.165) is 12.8 Å². The average molecular weight is 284 g/mol. The zero-order chi connectivity index (χ0) is 9.40. The molecular weight excluding hydrogens is 271 g/mol. The highest BCUT2D eigenvalue weighted by molar-refractivity contribution is 4.79. The lowest BCUT2D eigenvalue weighted by molar-refractivity contribution is -1.63. The molecule has 0 saturated heterocycles. The van der Waals surface area contributed by atoms with Gasteiger partial charge in [0.2, 0.25) is 0 Å². The first-order valence-corrected chi connectivity index (χ1v) is 6.31. The number of hydrogen-bond acceptors (Lipinski definition) is 3. The third-order valence-electron chi connectivity index (χ3n) is 1.35. The van der Waals surface area contributed by atoms with E-state index in [9.17, 15) is 6.87 Å². The molecule has 0 aliphatic heterocycles. The highest BCUT2D eigenvalue weighted by Gasteiger charge is 2.19. The van der Waals surface area contributed by atoms with E-state index in [1.807, 2.05) is 0 Å². The van der Waals surface area contributed by atoms with Gasteiger partial charge in [-0.1, -0.05) is 12.2 Å². The topological polar surface area (TPSA) is 55.3 Å². The van der Waals surface area contributed by atoms with Gasteiger partial charge in [0.25, 0.3) is 0 Å². The number of hydrogen-bond donors (Lipinski definition) is 0. The Balaban J connectivity index is 3.52. The molecule has 0 aliphatic carbocycles. The molecule has 3 nitrogen and oxygen atoms in total.